The minimum atomic E-state index is -0.592. The summed E-state index contributed by atoms with van der Waals surface area (Å²) >= 11 is 0. The van der Waals surface area contributed by atoms with E-state index in [1.54, 1.807) is 50.0 Å². The Morgan fingerprint density at radius 1 is 1.03 bits per heavy atom. The normalized spacial score (nSPS) is 14.1. The molecule has 1 N–H and O–H groups in total. The largest absolute Gasteiger partial charge is 0.444 e. The van der Waals surface area contributed by atoms with Gasteiger partial charge in [-0.15, -0.1) is 0 Å². The van der Waals surface area contributed by atoms with Crippen LogP contribution < -0.4 is 5.32 Å². The van der Waals surface area contributed by atoms with Gasteiger partial charge < -0.3 is 19.9 Å². The molecule has 39 heavy (non-hydrogen) atoms. The Bertz CT molecular complexity index is 1520. The van der Waals surface area contributed by atoms with Crippen LogP contribution in [0.15, 0.2) is 43.0 Å². The van der Waals surface area contributed by atoms with E-state index in [4.69, 9.17) is 4.74 Å². The summed E-state index contributed by atoms with van der Waals surface area (Å²) in [4.78, 5) is 37.6. The molecule has 12 nitrogen and oxygen atoms in total. The molecule has 1 saturated heterocycles. The minimum Gasteiger partial charge on any atom is -0.444 e. The van der Waals surface area contributed by atoms with E-state index in [9.17, 15) is 14.0 Å². The summed E-state index contributed by atoms with van der Waals surface area (Å²) in [6, 6.07) is 4.27. The second-order valence-electron chi connectivity index (χ2n) is 10.4. The molecule has 1 aliphatic heterocycles. The number of fused-ring (bicyclic) bond motifs is 1. The number of anilines is 2. The number of ether oxygens (including phenoxy) is 1. The summed E-state index contributed by atoms with van der Waals surface area (Å²) in [6.07, 6.45) is 6.35. The van der Waals surface area contributed by atoms with E-state index in [0.717, 1.165) is 11.1 Å². The first-order valence-electron chi connectivity index (χ1n) is 12.5. The molecule has 0 aliphatic carbocycles. The molecule has 4 aromatic rings. The van der Waals surface area contributed by atoms with Crippen LogP contribution in [-0.2, 0) is 18.3 Å². The van der Waals surface area contributed by atoms with E-state index in [1.807, 2.05) is 27.8 Å². The Kier molecular flexibility index (Phi) is 6.89. The minimum absolute atomic E-state index is 0.206. The maximum Gasteiger partial charge on any atom is 0.410 e. The Morgan fingerprint density at radius 2 is 1.77 bits per heavy atom. The fraction of sp³-hybridized carbons (Fsp3) is 0.385. The third-order valence-electron chi connectivity index (χ3n) is 6.09. The molecule has 1 aromatic carbocycles. The lowest BCUT2D eigenvalue weighted by Gasteiger charge is -2.35. The summed E-state index contributed by atoms with van der Waals surface area (Å²) in [5.74, 6) is -0.443. The number of halogens is 1. The molecule has 2 amide bonds. The number of aromatic nitrogens is 6. The van der Waals surface area contributed by atoms with Gasteiger partial charge in [-0.1, -0.05) is 0 Å². The lowest BCUT2D eigenvalue weighted by molar-refractivity contribution is 0.0141. The molecule has 3 aromatic heterocycles. The molecule has 0 spiro atoms. The van der Waals surface area contributed by atoms with Crippen molar-refractivity contribution in [2.75, 3.05) is 31.5 Å². The van der Waals surface area contributed by atoms with Crippen molar-refractivity contribution in [1.82, 2.24) is 39.3 Å². The first-order valence-corrected chi connectivity index (χ1v) is 12.5. The van der Waals surface area contributed by atoms with Gasteiger partial charge in [0.2, 0.25) is 5.95 Å². The number of carbonyl (C=O) groups is 2. The molecule has 0 atom stereocenters. The molecular formula is C26H30FN9O3. The summed E-state index contributed by atoms with van der Waals surface area (Å²) in [6.45, 7) is 6.98. The standard InChI is InChI=1S/C26H30FN9O3/c1-26(2,3)39-25(38)35-7-5-34(6-8-35)23(37)18-9-17(10-20(27)11-18)15-36-22-19(13-30-36)12-28-24(32-22)31-21-14-29-33(4)16-21/h9-14,16H,5-8,15H2,1-4H3,(H,28,31,32). The Morgan fingerprint density at radius 3 is 2.46 bits per heavy atom. The molecule has 0 unspecified atom stereocenters. The number of nitrogens with zero attached hydrogens (tertiary/aromatic N) is 8. The third kappa shape index (κ3) is 6.13. The van der Waals surface area contributed by atoms with Crippen LogP contribution in [0.5, 0.6) is 0 Å². The highest BCUT2D eigenvalue weighted by Gasteiger charge is 2.28. The molecule has 5 rings (SSSR count). The maximum atomic E-state index is 14.6. The van der Waals surface area contributed by atoms with Crippen molar-refractivity contribution in [1.29, 1.82) is 0 Å². The van der Waals surface area contributed by atoms with Gasteiger partial charge in [0.1, 0.15) is 11.4 Å². The van der Waals surface area contributed by atoms with Gasteiger partial charge >= 0.3 is 6.09 Å². The van der Waals surface area contributed by atoms with Gasteiger partial charge in [-0.25, -0.2) is 18.9 Å². The van der Waals surface area contributed by atoms with Crippen molar-refractivity contribution in [3.63, 3.8) is 0 Å². The summed E-state index contributed by atoms with van der Waals surface area (Å²) in [5, 5.41) is 12.3. The number of hydrogen-bond acceptors (Lipinski definition) is 8. The second kappa shape index (κ2) is 10.3. The number of piperazine rings is 1. The predicted molar refractivity (Wildman–Crippen MR) is 141 cm³/mol. The van der Waals surface area contributed by atoms with Crippen molar-refractivity contribution in [2.45, 2.75) is 32.9 Å². The number of nitrogens with one attached hydrogen (secondary N) is 1. The molecule has 0 saturated carbocycles. The van der Waals surface area contributed by atoms with Crippen molar-refractivity contribution in [3.05, 3.63) is 59.9 Å². The zero-order valence-corrected chi connectivity index (χ0v) is 22.3. The average Bonchev–Trinajstić information content (AvgIpc) is 3.47. The van der Waals surface area contributed by atoms with Crippen LogP contribution in [0.3, 0.4) is 0 Å². The number of carbonyl (C=O) groups excluding carboxylic acids is 2. The highest BCUT2D eigenvalue weighted by Crippen LogP contribution is 2.19. The molecule has 1 fully saturated rings. The van der Waals surface area contributed by atoms with Gasteiger partial charge in [-0.05, 0) is 44.5 Å². The van der Waals surface area contributed by atoms with Crippen LogP contribution in [0.25, 0.3) is 11.0 Å². The lowest BCUT2D eigenvalue weighted by Crippen LogP contribution is -2.51. The Labute approximate surface area is 224 Å². The first-order chi connectivity index (χ1) is 18.5. The summed E-state index contributed by atoms with van der Waals surface area (Å²) in [5.41, 5.74) is 1.51. The van der Waals surface area contributed by atoms with Crippen LogP contribution in [0.2, 0.25) is 0 Å². The second-order valence-corrected chi connectivity index (χ2v) is 10.4. The van der Waals surface area contributed by atoms with Gasteiger partial charge in [0.25, 0.3) is 5.91 Å². The molecule has 0 radical (unpaired) electrons. The number of aryl methyl sites for hydroxylation is 1. The van der Waals surface area contributed by atoms with E-state index >= 15 is 0 Å². The van der Waals surface area contributed by atoms with Gasteiger partial charge in [0.15, 0.2) is 5.65 Å². The Balaban J connectivity index is 1.29. The number of hydrogen-bond donors (Lipinski definition) is 1. The predicted octanol–water partition coefficient (Wildman–Crippen LogP) is 3.18. The van der Waals surface area contributed by atoms with Gasteiger partial charge in [-0.3, -0.25) is 9.48 Å². The van der Waals surface area contributed by atoms with Crippen molar-refractivity contribution in [2.24, 2.45) is 7.05 Å². The molecule has 204 valence electrons. The number of amides is 2. The zero-order chi connectivity index (χ0) is 27.7. The number of rotatable bonds is 5. The van der Waals surface area contributed by atoms with Crippen molar-refractivity contribution < 1.29 is 18.7 Å². The lowest BCUT2D eigenvalue weighted by atomic mass is 10.1. The SMILES string of the molecule is Cn1cc(Nc2ncc3cnn(Cc4cc(F)cc(C(=O)N5CCN(C(=O)OC(C)(C)C)CC5)c4)c3n2)cn1. The van der Waals surface area contributed by atoms with Gasteiger partial charge in [0, 0.05) is 51.2 Å². The van der Waals surface area contributed by atoms with Gasteiger partial charge in [0.05, 0.1) is 30.0 Å². The monoisotopic (exact) mass is 535 g/mol. The van der Waals surface area contributed by atoms with Crippen LogP contribution in [-0.4, -0.2) is 83.1 Å². The topological polar surface area (TPSA) is 123 Å². The highest BCUT2D eigenvalue weighted by atomic mass is 19.1. The Hall–Kier alpha value is -4.55. The molecule has 1 aliphatic rings. The van der Waals surface area contributed by atoms with Crippen LogP contribution in [0.4, 0.5) is 20.8 Å². The number of benzene rings is 1. The zero-order valence-electron chi connectivity index (χ0n) is 22.3. The van der Waals surface area contributed by atoms with E-state index in [-0.39, 0.29) is 18.0 Å². The van der Waals surface area contributed by atoms with Crippen LogP contribution in [0, 0.1) is 5.82 Å². The summed E-state index contributed by atoms with van der Waals surface area (Å²) < 4.78 is 23.3. The smallest absolute Gasteiger partial charge is 0.410 e. The van der Waals surface area contributed by atoms with E-state index in [2.05, 4.69) is 25.5 Å². The average molecular weight is 536 g/mol. The maximum absolute atomic E-state index is 14.6. The van der Waals surface area contributed by atoms with E-state index < -0.39 is 17.5 Å². The van der Waals surface area contributed by atoms with E-state index in [0.29, 0.717) is 43.3 Å². The molecule has 0 bridgehead atoms. The van der Waals surface area contributed by atoms with Crippen LogP contribution >= 0.6 is 0 Å². The first kappa shape index (κ1) is 26.1. The molecular weight excluding hydrogens is 505 g/mol. The molecule has 4 heterocycles. The van der Waals surface area contributed by atoms with Crippen molar-refractivity contribution in [3.8, 4) is 0 Å². The molecule has 13 heteroatoms. The third-order valence-corrected chi connectivity index (χ3v) is 6.09. The summed E-state index contributed by atoms with van der Waals surface area (Å²) in [7, 11) is 1.81. The fourth-order valence-corrected chi connectivity index (χ4v) is 4.30. The fourth-order valence-electron chi connectivity index (χ4n) is 4.30. The highest BCUT2D eigenvalue weighted by molar-refractivity contribution is 5.94. The van der Waals surface area contributed by atoms with E-state index in [1.165, 1.54) is 12.1 Å². The van der Waals surface area contributed by atoms with Crippen molar-refractivity contribution >= 4 is 34.7 Å². The quantitative estimate of drug-likeness (QED) is 0.413. The van der Waals surface area contributed by atoms with Gasteiger partial charge in [-0.2, -0.15) is 15.2 Å². The van der Waals surface area contributed by atoms with Crippen LogP contribution in [0.1, 0.15) is 36.7 Å².